The molecule has 0 bridgehead atoms. The Labute approximate surface area is 154 Å². The normalized spacial score (nSPS) is 24.2. The van der Waals surface area contributed by atoms with E-state index in [4.69, 9.17) is 21.1 Å². The van der Waals surface area contributed by atoms with E-state index < -0.39 is 5.60 Å². The number of carbonyl (C=O) groups is 1. The molecule has 2 unspecified atom stereocenters. The van der Waals surface area contributed by atoms with E-state index in [9.17, 15) is 4.79 Å². The molecule has 2 amide bonds. The van der Waals surface area contributed by atoms with Gasteiger partial charge >= 0.3 is 6.03 Å². The van der Waals surface area contributed by atoms with Crippen LogP contribution < -0.4 is 10.6 Å². The number of urea groups is 1. The van der Waals surface area contributed by atoms with Crippen LogP contribution >= 0.6 is 11.6 Å². The van der Waals surface area contributed by atoms with Crippen LogP contribution in [0.5, 0.6) is 0 Å². The average Bonchev–Trinajstić information content (AvgIpc) is 3.22. The van der Waals surface area contributed by atoms with Crippen molar-refractivity contribution in [2.24, 2.45) is 0 Å². The van der Waals surface area contributed by atoms with Crippen LogP contribution in [0, 0.1) is 0 Å². The molecule has 1 aromatic rings. The number of hydrogen-bond donors (Lipinski definition) is 2. The minimum atomic E-state index is -0.638. The fourth-order valence-electron chi connectivity index (χ4n) is 3.90. The van der Waals surface area contributed by atoms with E-state index in [0.717, 1.165) is 24.8 Å². The Hall–Kier alpha value is -1.30. The van der Waals surface area contributed by atoms with Gasteiger partial charge in [0, 0.05) is 12.1 Å². The number of rotatable bonds is 5. The molecule has 25 heavy (non-hydrogen) atoms. The first-order chi connectivity index (χ1) is 11.9. The topological polar surface area (TPSA) is 59.6 Å². The van der Waals surface area contributed by atoms with Crippen molar-refractivity contribution in [2.75, 3.05) is 20.3 Å². The van der Waals surface area contributed by atoms with Gasteiger partial charge in [-0.3, -0.25) is 0 Å². The molecule has 1 aliphatic carbocycles. The molecule has 1 aromatic carbocycles. The Kier molecular flexibility index (Phi) is 5.56. The van der Waals surface area contributed by atoms with Crippen molar-refractivity contribution in [3.8, 4) is 0 Å². The van der Waals surface area contributed by atoms with Gasteiger partial charge in [-0.25, -0.2) is 4.79 Å². The largest absolute Gasteiger partial charge is 0.373 e. The Morgan fingerprint density at radius 1 is 1.44 bits per heavy atom. The van der Waals surface area contributed by atoms with Gasteiger partial charge in [-0.2, -0.15) is 0 Å². The summed E-state index contributed by atoms with van der Waals surface area (Å²) < 4.78 is 11.6. The van der Waals surface area contributed by atoms with Gasteiger partial charge < -0.3 is 20.1 Å². The van der Waals surface area contributed by atoms with Crippen LogP contribution in [0.15, 0.2) is 24.3 Å². The van der Waals surface area contributed by atoms with E-state index in [1.54, 1.807) is 7.11 Å². The number of nitrogens with one attached hydrogen (secondary N) is 2. The molecule has 1 saturated carbocycles. The SMILES string of the molecule is COC(C)(CNC(=O)NC1COC2(CCCC2)C1)c1cccc(Cl)c1. The molecule has 1 aliphatic heterocycles. The molecule has 1 spiro atoms. The molecule has 2 fully saturated rings. The third kappa shape index (κ3) is 4.27. The first kappa shape index (κ1) is 18.5. The molecule has 138 valence electrons. The lowest BCUT2D eigenvalue weighted by molar-refractivity contribution is 0.00474. The maximum absolute atomic E-state index is 12.3. The smallest absolute Gasteiger partial charge is 0.315 e. The van der Waals surface area contributed by atoms with Crippen molar-refractivity contribution in [2.45, 2.75) is 56.3 Å². The second-order valence-electron chi connectivity index (χ2n) is 7.37. The molecule has 2 atom stereocenters. The van der Waals surface area contributed by atoms with Crippen LogP contribution in [0.25, 0.3) is 0 Å². The van der Waals surface area contributed by atoms with Crippen molar-refractivity contribution < 1.29 is 14.3 Å². The highest BCUT2D eigenvalue weighted by Crippen LogP contribution is 2.40. The summed E-state index contributed by atoms with van der Waals surface area (Å²) in [5, 5.41) is 6.61. The molecule has 0 aromatic heterocycles. The maximum Gasteiger partial charge on any atom is 0.315 e. The summed E-state index contributed by atoms with van der Waals surface area (Å²) in [6.45, 7) is 2.89. The molecule has 2 N–H and O–H groups in total. The fourth-order valence-corrected chi connectivity index (χ4v) is 4.09. The third-order valence-corrected chi connectivity index (χ3v) is 5.77. The lowest BCUT2D eigenvalue weighted by Crippen LogP contribution is -2.47. The van der Waals surface area contributed by atoms with Crippen LogP contribution in [0.3, 0.4) is 0 Å². The summed E-state index contributed by atoms with van der Waals surface area (Å²) >= 11 is 6.07. The quantitative estimate of drug-likeness (QED) is 0.837. The Balaban J connectivity index is 1.52. The summed E-state index contributed by atoms with van der Waals surface area (Å²) in [7, 11) is 1.63. The molecular formula is C19H27ClN2O3. The predicted octanol–water partition coefficient (Wildman–Crippen LogP) is 3.60. The summed E-state index contributed by atoms with van der Waals surface area (Å²) in [6.07, 6.45) is 5.60. The van der Waals surface area contributed by atoms with Crippen LogP contribution in [-0.2, 0) is 15.1 Å². The van der Waals surface area contributed by atoms with Crippen molar-refractivity contribution >= 4 is 17.6 Å². The van der Waals surface area contributed by atoms with Crippen LogP contribution in [0.1, 0.15) is 44.6 Å². The van der Waals surface area contributed by atoms with Gasteiger partial charge in [-0.05, 0) is 43.9 Å². The fraction of sp³-hybridized carbons (Fsp3) is 0.632. The molecule has 6 heteroatoms. The number of benzene rings is 1. The van der Waals surface area contributed by atoms with Gasteiger partial charge in [0.05, 0.1) is 24.8 Å². The molecule has 1 heterocycles. The number of amides is 2. The Morgan fingerprint density at radius 3 is 2.88 bits per heavy atom. The second kappa shape index (κ2) is 7.52. The van der Waals surface area contributed by atoms with Crippen LogP contribution in [0.4, 0.5) is 4.79 Å². The summed E-state index contributed by atoms with van der Waals surface area (Å²) in [6, 6.07) is 7.40. The molecule has 1 saturated heterocycles. The monoisotopic (exact) mass is 366 g/mol. The van der Waals surface area contributed by atoms with E-state index in [0.29, 0.717) is 18.2 Å². The van der Waals surface area contributed by atoms with Gasteiger partial charge in [0.25, 0.3) is 0 Å². The minimum Gasteiger partial charge on any atom is -0.373 e. The van der Waals surface area contributed by atoms with Gasteiger partial charge in [0.1, 0.15) is 5.60 Å². The molecule has 3 rings (SSSR count). The Morgan fingerprint density at radius 2 is 2.20 bits per heavy atom. The highest BCUT2D eigenvalue weighted by Gasteiger charge is 2.42. The number of hydrogen-bond acceptors (Lipinski definition) is 3. The highest BCUT2D eigenvalue weighted by molar-refractivity contribution is 6.30. The Bertz CT molecular complexity index is 618. The van der Waals surface area contributed by atoms with Gasteiger partial charge in [0.2, 0.25) is 0 Å². The maximum atomic E-state index is 12.3. The van der Waals surface area contributed by atoms with Crippen molar-refractivity contribution in [1.29, 1.82) is 0 Å². The van der Waals surface area contributed by atoms with Crippen molar-refractivity contribution in [3.05, 3.63) is 34.9 Å². The zero-order valence-electron chi connectivity index (χ0n) is 14.9. The predicted molar refractivity (Wildman–Crippen MR) is 97.9 cm³/mol. The first-order valence-electron chi connectivity index (χ1n) is 8.94. The van der Waals surface area contributed by atoms with Crippen molar-refractivity contribution in [3.63, 3.8) is 0 Å². The van der Waals surface area contributed by atoms with E-state index >= 15 is 0 Å². The number of carbonyl (C=O) groups excluding carboxylic acids is 1. The molecule has 0 radical (unpaired) electrons. The standard InChI is InChI=1S/C19H27ClN2O3/c1-18(24-2,14-6-5-7-15(20)10-14)13-21-17(23)22-16-11-19(25-12-16)8-3-4-9-19/h5-7,10,16H,3-4,8-9,11-13H2,1-2H3,(H2,21,22,23). The average molecular weight is 367 g/mol. The van der Waals surface area contributed by atoms with Crippen LogP contribution in [0.2, 0.25) is 5.02 Å². The van der Waals surface area contributed by atoms with E-state index in [2.05, 4.69) is 10.6 Å². The summed E-state index contributed by atoms with van der Waals surface area (Å²) in [4.78, 5) is 12.3. The molecule has 2 aliphatic rings. The lowest BCUT2D eigenvalue weighted by atomic mass is 9.95. The number of methoxy groups -OCH3 is 1. The molecular weight excluding hydrogens is 340 g/mol. The number of ether oxygens (including phenoxy) is 2. The van der Waals surface area contributed by atoms with E-state index in [-0.39, 0.29) is 17.7 Å². The van der Waals surface area contributed by atoms with E-state index in [1.807, 2.05) is 31.2 Å². The zero-order chi connectivity index (χ0) is 17.9. The van der Waals surface area contributed by atoms with Gasteiger partial charge in [-0.1, -0.05) is 36.6 Å². The van der Waals surface area contributed by atoms with Gasteiger partial charge in [0.15, 0.2) is 0 Å². The van der Waals surface area contributed by atoms with Crippen molar-refractivity contribution in [1.82, 2.24) is 10.6 Å². The summed E-state index contributed by atoms with van der Waals surface area (Å²) in [5.41, 5.74) is 0.304. The zero-order valence-corrected chi connectivity index (χ0v) is 15.7. The minimum absolute atomic E-state index is 0.0137. The lowest BCUT2D eigenvalue weighted by Gasteiger charge is -2.29. The summed E-state index contributed by atoms with van der Waals surface area (Å²) in [5.74, 6) is 0. The highest BCUT2D eigenvalue weighted by atomic mass is 35.5. The number of halogens is 1. The van der Waals surface area contributed by atoms with Crippen LogP contribution in [-0.4, -0.2) is 37.9 Å². The molecule has 5 nitrogen and oxygen atoms in total. The first-order valence-corrected chi connectivity index (χ1v) is 9.32. The van der Waals surface area contributed by atoms with E-state index in [1.165, 1.54) is 12.8 Å². The second-order valence-corrected chi connectivity index (χ2v) is 7.81. The van der Waals surface area contributed by atoms with Gasteiger partial charge in [-0.15, -0.1) is 0 Å². The third-order valence-electron chi connectivity index (χ3n) is 5.53.